The molecule has 72 valence electrons. The van der Waals surface area contributed by atoms with Gasteiger partial charge in [-0.25, -0.2) is 0 Å². The van der Waals surface area contributed by atoms with Crippen LogP contribution in [-0.4, -0.2) is 53.3 Å². The SMILES string of the molecule is CO[C@](N)([C@H](O)CO)[C@@H](O)C=O. The Labute approximate surface area is 69.6 Å². The van der Waals surface area contributed by atoms with Crippen LogP contribution in [-0.2, 0) is 9.53 Å². The van der Waals surface area contributed by atoms with Crippen LogP contribution in [0.4, 0.5) is 0 Å². The molecule has 0 saturated heterocycles. The molecule has 0 aromatic carbocycles. The minimum atomic E-state index is -1.95. The Kier molecular flexibility index (Phi) is 4.29. The van der Waals surface area contributed by atoms with Crippen LogP contribution in [0.15, 0.2) is 0 Å². The highest BCUT2D eigenvalue weighted by molar-refractivity contribution is 5.58. The van der Waals surface area contributed by atoms with Crippen LogP contribution in [0.3, 0.4) is 0 Å². The summed E-state index contributed by atoms with van der Waals surface area (Å²) in [7, 11) is 1.12. The van der Waals surface area contributed by atoms with Gasteiger partial charge >= 0.3 is 0 Å². The highest BCUT2D eigenvalue weighted by atomic mass is 16.5. The van der Waals surface area contributed by atoms with E-state index in [2.05, 4.69) is 4.74 Å². The maximum atomic E-state index is 10.1. The molecule has 5 N–H and O–H groups in total. The lowest BCUT2D eigenvalue weighted by molar-refractivity contribution is -0.173. The summed E-state index contributed by atoms with van der Waals surface area (Å²) < 4.78 is 4.53. The second kappa shape index (κ2) is 4.48. The first-order chi connectivity index (χ1) is 5.52. The summed E-state index contributed by atoms with van der Waals surface area (Å²) in [6.07, 6.45) is -3.06. The molecular formula is C6H13NO5. The normalized spacial score (nSPS) is 21.1. The zero-order valence-electron chi connectivity index (χ0n) is 6.67. The van der Waals surface area contributed by atoms with E-state index in [-0.39, 0.29) is 6.29 Å². The molecule has 0 heterocycles. The molecule has 0 aromatic heterocycles. The van der Waals surface area contributed by atoms with Gasteiger partial charge in [-0.15, -0.1) is 0 Å². The number of nitrogens with two attached hydrogens (primary N) is 1. The van der Waals surface area contributed by atoms with Gasteiger partial charge in [0.05, 0.1) is 6.61 Å². The van der Waals surface area contributed by atoms with Crippen LogP contribution >= 0.6 is 0 Å². The highest BCUT2D eigenvalue weighted by Crippen LogP contribution is 2.12. The van der Waals surface area contributed by atoms with Gasteiger partial charge in [-0.05, 0) is 0 Å². The van der Waals surface area contributed by atoms with Crippen molar-refractivity contribution in [2.75, 3.05) is 13.7 Å². The average Bonchev–Trinajstić information content (AvgIpc) is 2.13. The van der Waals surface area contributed by atoms with Crippen molar-refractivity contribution in [2.45, 2.75) is 17.9 Å². The number of aldehydes is 1. The van der Waals surface area contributed by atoms with E-state index in [1.807, 2.05) is 0 Å². The van der Waals surface area contributed by atoms with Crippen LogP contribution in [0, 0.1) is 0 Å². The number of aliphatic hydroxyl groups is 3. The van der Waals surface area contributed by atoms with Crippen molar-refractivity contribution in [1.82, 2.24) is 0 Å². The number of hydrogen-bond donors (Lipinski definition) is 4. The second-order valence-corrected chi connectivity index (χ2v) is 2.34. The summed E-state index contributed by atoms with van der Waals surface area (Å²) >= 11 is 0. The zero-order chi connectivity index (χ0) is 9.78. The minimum Gasteiger partial charge on any atom is -0.394 e. The fraction of sp³-hybridized carbons (Fsp3) is 0.833. The number of ether oxygens (including phenoxy) is 1. The van der Waals surface area contributed by atoms with Crippen molar-refractivity contribution in [3.63, 3.8) is 0 Å². The molecule has 3 atom stereocenters. The Morgan fingerprint density at radius 2 is 2.17 bits per heavy atom. The molecule has 0 spiro atoms. The van der Waals surface area contributed by atoms with E-state index in [0.717, 1.165) is 7.11 Å². The number of carbonyl (C=O) groups excluding carboxylic acids is 1. The molecule has 0 amide bonds. The van der Waals surface area contributed by atoms with Crippen molar-refractivity contribution in [2.24, 2.45) is 5.73 Å². The molecule has 12 heavy (non-hydrogen) atoms. The van der Waals surface area contributed by atoms with Gasteiger partial charge in [-0.2, -0.15) is 0 Å². The van der Waals surface area contributed by atoms with E-state index in [1.165, 1.54) is 0 Å². The van der Waals surface area contributed by atoms with Gasteiger partial charge in [0.25, 0.3) is 0 Å². The Hall–Kier alpha value is -0.530. The first-order valence-corrected chi connectivity index (χ1v) is 3.29. The van der Waals surface area contributed by atoms with Gasteiger partial charge in [-0.1, -0.05) is 0 Å². The van der Waals surface area contributed by atoms with Crippen molar-refractivity contribution in [3.05, 3.63) is 0 Å². The van der Waals surface area contributed by atoms with E-state index < -0.39 is 24.5 Å². The molecule has 0 aliphatic carbocycles. The molecule has 6 nitrogen and oxygen atoms in total. The van der Waals surface area contributed by atoms with Crippen LogP contribution in [0.2, 0.25) is 0 Å². The molecule has 0 radical (unpaired) electrons. The number of rotatable bonds is 5. The molecule has 0 rings (SSSR count). The number of hydrogen-bond acceptors (Lipinski definition) is 6. The smallest absolute Gasteiger partial charge is 0.177 e. The van der Waals surface area contributed by atoms with Crippen LogP contribution < -0.4 is 5.73 Å². The van der Waals surface area contributed by atoms with Gasteiger partial charge < -0.3 is 24.9 Å². The number of methoxy groups -OCH3 is 1. The van der Waals surface area contributed by atoms with Gasteiger partial charge in [0.1, 0.15) is 6.10 Å². The summed E-state index contributed by atoms with van der Waals surface area (Å²) in [4.78, 5) is 10.1. The fourth-order valence-corrected chi connectivity index (χ4v) is 0.703. The minimum absolute atomic E-state index is 0.127. The molecule has 6 heteroatoms. The number of carbonyl (C=O) groups is 1. The predicted molar refractivity (Wildman–Crippen MR) is 39.1 cm³/mol. The second-order valence-electron chi connectivity index (χ2n) is 2.34. The summed E-state index contributed by atoms with van der Waals surface area (Å²) in [6, 6.07) is 0. The predicted octanol–water partition coefficient (Wildman–Crippen LogP) is -2.80. The Bertz CT molecular complexity index is 153. The third-order valence-corrected chi connectivity index (χ3v) is 1.64. The molecule has 0 aromatic rings. The Balaban J connectivity index is 4.53. The van der Waals surface area contributed by atoms with Gasteiger partial charge in [-0.3, -0.25) is 5.73 Å². The first-order valence-electron chi connectivity index (χ1n) is 3.29. The maximum absolute atomic E-state index is 10.1. The highest BCUT2D eigenvalue weighted by Gasteiger charge is 2.40. The zero-order valence-corrected chi connectivity index (χ0v) is 6.67. The lowest BCUT2D eigenvalue weighted by atomic mass is 10.0. The van der Waals surface area contributed by atoms with Crippen molar-refractivity contribution in [1.29, 1.82) is 0 Å². The largest absolute Gasteiger partial charge is 0.394 e. The summed E-state index contributed by atoms with van der Waals surface area (Å²) in [5, 5.41) is 26.6. The van der Waals surface area contributed by atoms with E-state index >= 15 is 0 Å². The van der Waals surface area contributed by atoms with E-state index in [1.54, 1.807) is 0 Å². The van der Waals surface area contributed by atoms with E-state index in [9.17, 15) is 4.79 Å². The fourth-order valence-electron chi connectivity index (χ4n) is 0.703. The van der Waals surface area contributed by atoms with Gasteiger partial charge in [0, 0.05) is 7.11 Å². The van der Waals surface area contributed by atoms with E-state index in [4.69, 9.17) is 21.1 Å². The summed E-state index contributed by atoms with van der Waals surface area (Å²) in [5.41, 5.74) is 3.34. The van der Waals surface area contributed by atoms with Crippen LogP contribution in [0.5, 0.6) is 0 Å². The standard InChI is InChI=1S/C6H13NO5/c1-12-6(7,4(10)2-8)5(11)3-9/h2,4-5,9-11H,3,7H2,1H3/t4-,5+,6-/m0/s1. The first kappa shape index (κ1) is 11.5. The number of aliphatic hydroxyl groups excluding tert-OH is 3. The van der Waals surface area contributed by atoms with Crippen molar-refractivity contribution in [3.8, 4) is 0 Å². The molecule has 0 aliphatic heterocycles. The van der Waals surface area contributed by atoms with Crippen molar-refractivity contribution < 1.29 is 24.9 Å². The summed E-state index contributed by atoms with van der Waals surface area (Å²) in [6.45, 7) is -0.699. The Morgan fingerprint density at radius 3 is 2.42 bits per heavy atom. The monoisotopic (exact) mass is 179 g/mol. The van der Waals surface area contributed by atoms with Crippen molar-refractivity contribution >= 4 is 6.29 Å². The third kappa shape index (κ3) is 1.99. The Morgan fingerprint density at radius 1 is 1.67 bits per heavy atom. The molecule has 0 unspecified atom stereocenters. The quantitative estimate of drug-likeness (QED) is 0.268. The summed E-state index contributed by atoms with van der Waals surface area (Å²) in [5.74, 6) is 0. The van der Waals surface area contributed by atoms with Gasteiger partial charge in [0.15, 0.2) is 18.1 Å². The molecule has 0 saturated carbocycles. The third-order valence-electron chi connectivity index (χ3n) is 1.64. The lowest BCUT2D eigenvalue weighted by Gasteiger charge is -2.33. The topological polar surface area (TPSA) is 113 Å². The maximum Gasteiger partial charge on any atom is 0.177 e. The molecule has 0 bridgehead atoms. The molecule has 0 aliphatic rings. The molecule has 0 fully saturated rings. The average molecular weight is 179 g/mol. The van der Waals surface area contributed by atoms with Crippen LogP contribution in [0.25, 0.3) is 0 Å². The lowest BCUT2D eigenvalue weighted by Crippen LogP contribution is -2.62. The van der Waals surface area contributed by atoms with Gasteiger partial charge in [0.2, 0.25) is 0 Å². The van der Waals surface area contributed by atoms with E-state index in [0.29, 0.717) is 0 Å². The van der Waals surface area contributed by atoms with Crippen LogP contribution in [0.1, 0.15) is 0 Å². The molecular weight excluding hydrogens is 166 g/mol.